The van der Waals surface area contributed by atoms with E-state index >= 15 is 0 Å². The van der Waals surface area contributed by atoms with E-state index in [0.717, 1.165) is 7.11 Å². The Morgan fingerprint density at radius 1 is 1.00 bits per heavy atom. The largest absolute Gasteiger partial charge is 2.00 e. The van der Waals surface area contributed by atoms with Crippen LogP contribution in [0.3, 0.4) is 0 Å². The van der Waals surface area contributed by atoms with Crippen LogP contribution >= 0.6 is 0 Å². The van der Waals surface area contributed by atoms with Gasteiger partial charge >= 0.3 is 21.7 Å². The van der Waals surface area contributed by atoms with Crippen LogP contribution in [0.25, 0.3) is 0 Å². The minimum Gasteiger partial charge on any atom is -0.545 e. The molecular formula is C11H20O6Ti. The summed E-state index contributed by atoms with van der Waals surface area (Å²) in [6, 6.07) is 0. The average Bonchev–Trinajstić information content (AvgIpc) is 2.22. The van der Waals surface area contributed by atoms with Crippen LogP contribution in [-0.2, 0) is 31.3 Å². The van der Waals surface area contributed by atoms with Crippen molar-refractivity contribution in [3.8, 4) is 0 Å². The number of carboxylic acid groups (broad SMARTS) is 2. The second-order valence-electron chi connectivity index (χ2n) is 2.45. The zero-order valence-electron chi connectivity index (χ0n) is 11.1. The fourth-order valence-corrected chi connectivity index (χ4v) is 0. The fraction of sp³-hybridized carbons (Fsp3) is 0.455. The van der Waals surface area contributed by atoms with Gasteiger partial charge in [-0.1, -0.05) is 13.2 Å². The molecule has 0 aromatic rings. The predicted octanol–water partition coefficient (Wildman–Crippen LogP) is -1.77. The molecule has 0 rings (SSSR count). The third-order valence-electron chi connectivity index (χ3n) is 0.697. The third-order valence-corrected chi connectivity index (χ3v) is 0.697. The summed E-state index contributed by atoms with van der Waals surface area (Å²) in [5.41, 5.74) is 0.130. The molecule has 2 N–H and O–H groups in total. The molecule has 0 aliphatic heterocycles. The van der Waals surface area contributed by atoms with Crippen molar-refractivity contribution < 1.29 is 51.7 Å². The molecule has 104 valence electrons. The van der Waals surface area contributed by atoms with Gasteiger partial charge in [-0.25, -0.2) is 0 Å². The number of aliphatic hydroxyl groups excluding tert-OH is 2. The summed E-state index contributed by atoms with van der Waals surface area (Å²) in [7, 11) is 1.00. The molecule has 0 saturated heterocycles. The molecule has 0 unspecified atom stereocenters. The maximum absolute atomic E-state index is 9.49. The van der Waals surface area contributed by atoms with E-state index in [9.17, 15) is 19.8 Å². The number of hydrogen-bond donors (Lipinski definition) is 2. The summed E-state index contributed by atoms with van der Waals surface area (Å²) < 4.78 is 0. The molecule has 0 heterocycles. The molecule has 0 fully saturated rings. The molecule has 0 radical (unpaired) electrons. The van der Waals surface area contributed by atoms with Gasteiger partial charge in [-0.15, -0.1) is 0 Å². The second-order valence-corrected chi connectivity index (χ2v) is 2.45. The first-order valence-corrected chi connectivity index (χ1v) is 4.49. The molecule has 0 aliphatic carbocycles. The first-order chi connectivity index (χ1) is 7.70. The van der Waals surface area contributed by atoms with Gasteiger partial charge in [-0.3, -0.25) is 0 Å². The van der Waals surface area contributed by atoms with Crippen LogP contribution < -0.4 is 10.2 Å². The molecule has 0 atom stereocenters. The van der Waals surface area contributed by atoms with E-state index in [4.69, 9.17) is 10.2 Å². The molecule has 0 aliphatic rings. The van der Waals surface area contributed by atoms with Crippen molar-refractivity contribution in [2.45, 2.75) is 20.8 Å². The summed E-state index contributed by atoms with van der Waals surface area (Å²) in [6.45, 7) is 10.9. The van der Waals surface area contributed by atoms with Gasteiger partial charge in [-0.05, 0) is 31.9 Å². The molecule has 0 amide bonds. The van der Waals surface area contributed by atoms with Crippen molar-refractivity contribution in [3.05, 3.63) is 24.3 Å². The van der Waals surface area contributed by atoms with Crippen molar-refractivity contribution in [3.63, 3.8) is 0 Å². The van der Waals surface area contributed by atoms with Crippen LogP contribution in [0.4, 0.5) is 0 Å². The van der Waals surface area contributed by atoms with Crippen LogP contribution in [-0.4, -0.2) is 35.9 Å². The molecule has 0 aromatic carbocycles. The zero-order chi connectivity index (χ0) is 15.0. The average molecular weight is 296 g/mol. The van der Waals surface area contributed by atoms with E-state index in [-0.39, 0.29) is 39.5 Å². The van der Waals surface area contributed by atoms with Crippen LogP contribution in [0.2, 0.25) is 0 Å². The van der Waals surface area contributed by atoms with E-state index in [0.29, 0.717) is 0 Å². The summed E-state index contributed by atoms with van der Waals surface area (Å²) in [5.74, 6) is -2.37. The van der Waals surface area contributed by atoms with Gasteiger partial charge in [0.1, 0.15) is 0 Å². The van der Waals surface area contributed by atoms with Gasteiger partial charge in [0.05, 0.1) is 11.9 Å². The van der Waals surface area contributed by atoms with Gasteiger partial charge in [-0.2, -0.15) is 0 Å². The Morgan fingerprint density at radius 3 is 1.06 bits per heavy atom. The Bertz CT molecular complexity index is 190. The summed E-state index contributed by atoms with van der Waals surface area (Å²) in [4.78, 5) is 19.0. The molecular weight excluding hydrogens is 276 g/mol. The Morgan fingerprint density at radius 2 is 1.06 bits per heavy atom. The summed E-state index contributed by atoms with van der Waals surface area (Å²) in [6.07, 6.45) is 0. The number of carbonyl (C=O) groups is 2. The van der Waals surface area contributed by atoms with Gasteiger partial charge in [0, 0.05) is 13.7 Å². The van der Waals surface area contributed by atoms with Crippen molar-refractivity contribution in [2.24, 2.45) is 0 Å². The Hall–Kier alpha value is -0.946. The second kappa shape index (κ2) is 25.0. The monoisotopic (exact) mass is 296 g/mol. The van der Waals surface area contributed by atoms with E-state index in [2.05, 4.69) is 13.2 Å². The van der Waals surface area contributed by atoms with Crippen LogP contribution in [0.5, 0.6) is 0 Å². The topological polar surface area (TPSA) is 121 Å². The van der Waals surface area contributed by atoms with Gasteiger partial charge in [0.15, 0.2) is 0 Å². The first kappa shape index (κ1) is 30.3. The molecule has 0 bridgehead atoms. The van der Waals surface area contributed by atoms with Crippen molar-refractivity contribution in [1.29, 1.82) is 0 Å². The SMILES string of the molecule is C=C(C)C(=O)[O-].C=C(C)C(=O)[O-].CCO.CO.[Ti+2]. The zero-order valence-corrected chi connectivity index (χ0v) is 12.7. The quantitative estimate of drug-likeness (QED) is 0.459. The number of carboxylic acids is 2. The number of rotatable bonds is 2. The maximum Gasteiger partial charge on any atom is 2.00 e. The molecule has 7 heteroatoms. The Labute approximate surface area is 123 Å². The van der Waals surface area contributed by atoms with E-state index in [1.54, 1.807) is 6.92 Å². The van der Waals surface area contributed by atoms with Crippen LogP contribution in [0.15, 0.2) is 24.3 Å². The first-order valence-electron chi connectivity index (χ1n) is 4.49. The number of carbonyl (C=O) groups excluding carboxylic acids is 2. The third kappa shape index (κ3) is 59.8. The van der Waals surface area contributed by atoms with Crippen molar-refractivity contribution in [2.75, 3.05) is 13.7 Å². The minimum atomic E-state index is -1.19. The number of aliphatic carboxylic acids is 2. The smallest absolute Gasteiger partial charge is 0.545 e. The van der Waals surface area contributed by atoms with Gasteiger partial charge in [0.2, 0.25) is 0 Å². The normalized spacial score (nSPS) is 6.33. The van der Waals surface area contributed by atoms with Crippen LogP contribution in [0.1, 0.15) is 20.8 Å². The number of aliphatic hydroxyl groups is 2. The van der Waals surface area contributed by atoms with Crippen LogP contribution in [0, 0.1) is 0 Å². The molecule has 18 heavy (non-hydrogen) atoms. The number of hydrogen-bond acceptors (Lipinski definition) is 6. The van der Waals surface area contributed by atoms with E-state index in [1.807, 2.05) is 0 Å². The maximum atomic E-state index is 9.49. The Kier molecular flexibility index (Phi) is 42.1. The van der Waals surface area contributed by atoms with E-state index in [1.165, 1.54) is 13.8 Å². The summed E-state index contributed by atoms with van der Waals surface area (Å²) >= 11 is 0. The molecule has 0 aromatic heterocycles. The van der Waals surface area contributed by atoms with Crippen molar-refractivity contribution in [1.82, 2.24) is 0 Å². The van der Waals surface area contributed by atoms with Gasteiger partial charge < -0.3 is 30.0 Å². The van der Waals surface area contributed by atoms with Crippen molar-refractivity contribution >= 4 is 11.9 Å². The minimum absolute atomic E-state index is 0. The standard InChI is InChI=1S/2C4H6O2.C2H6O.CH4O.Ti/c2*1-3(2)4(5)6;1-2-3;1-2;/h2*1H2,2H3,(H,5,6);3H,2H2,1H3;2H,1H3;/q;;;;+2/p-2. The Balaban J connectivity index is -0.0000000446. The molecule has 0 saturated carbocycles. The summed E-state index contributed by atoms with van der Waals surface area (Å²) in [5, 5.41) is 33.5. The van der Waals surface area contributed by atoms with Gasteiger partial charge in [0.25, 0.3) is 0 Å². The molecule has 6 nitrogen and oxygen atoms in total. The fourth-order valence-electron chi connectivity index (χ4n) is 0. The predicted molar refractivity (Wildman–Crippen MR) is 60.5 cm³/mol. The molecule has 0 spiro atoms. The van der Waals surface area contributed by atoms with E-state index < -0.39 is 11.9 Å².